The van der Waals surface area contributed by atoms with Crippen molar-refractivity contribution < 1.29 is 9.53 Å². The van der Waals surface area contributed by atoms with Gasteiger partial charge >= 0.3 is 0 Å². The molecule has 1 aromatic heterocycles. The molecule has 0 radical (unpaired) electrons. The first-order valence-corrected chi connectivity index (χ1v) is 10.9. The normalized spacial score (nSPS) is 20.5. The van der Waals surface area contributed by atoms with E-state index in [2.05, 4.69) is 33.0 Å². The molecule has 2 aliphatic rings. The summed E-state index contributed by atoms with van der Waals surface area (Å²) in [7, 11) is 0. The Kier molecular flexibility index (Phi) is 5.50. The smallest absolute Gasteiger partial charge is 0.256 e. The summed E-state index contributed by atoms with van der Waals surface area (Å²) < 4.78 is 6.94. The quantitative estimate of drug-likeness (QED) is 0.677. The minimum absolute atomic E-state index is 0.0304. The van der Waals surface area contributed by atoms with E-state index in [4.69, 9.17) is 4.74 Å². The van der Waals surface area contributed by atoms with Gasteiger partial charge < -0.3 is 9.64 Å². The number of benzene rings is 1. The van der Waals surface area contributed by atoms with E-state index in [1.165, 1.54) is 12.8 Å². The summed E-state index contributed by atoms with van der Waals surface area (Å²) in [4.78, 5) is 19.3. The van der Waals surface area contributed by atoms with Gasteiger partial charge in [-0.25, -0.2) is 4.98 Å². The first kappa shape index (κ1) is 17.9. The zero-order chi connectivity index (χ0) is 17.9. The van der Waals surface area contributed by atoms with Crippen LogP contribution >= 0.6 is 27.7 Å². The highest BCUT2D eigenvalue weighted by atomic mass is 79.9. The van der Waals surface area contributed by atoms with E-state index in [1.54, 1.807) is 18.0 Å². The number of amides is 1. The Labute approximate surface area is 166 Å². The van der Waals surface area contributed by atoms with Crippen LogP contribution in [0.4, 0.5) is 0 Å². The number of aromatic nitrogens is 1. The van der Waals surface area contributed by atoms with Crippen LogP contribution in [0.25, 0.3) is 0 Å². The first-order valence-electron chi connectivity index (χ1n) is 9.01. The fourth-order valence-electron chi connectivity index (χ4n) is 3.50. The summed E-state index contributed by atoms with van der Waals surface area (Å²) in [5.41, 5.74) is 1.77. The molecule has 6 heteroatoms. The van der Waals surface area contributed by atoms with Gasteiger partial charge in [0.25, 0.3) is 5.91 Å². The van der Waals surface area contributed by atoms with Crippen LogP contribution in [0.5, 0.6) is 5.88 Å². The van der Waals surface area contributed by atoms with E-state index in [9.17, 15) is 4.79 Å². The second kappa shape index (κ2) is 8.01. The molecule has 0 N–H and O–H groups in total. The van der Waals surface area contributed by atoms with Crippen molar-refractivity contribution >= 4 is 33.6 Å². The summed E-state index contributed by atoms with van der Waals surface area (Å²) in [6.07, 6.45) is 6.58. The molecule has 1 aliphatic heterocycles. The summed E-state index contributed by atoms with van der Waals surface area (Å²) >= 11 is 5.27. The van der Waals surface area contributed by atoms with E-state index in [0.29, 0.717) is 11.4 Å². The van der Waals surface area contributed by atoms with Gasteiger partial charge in [-0.05, 0) is 49.4 Å². The van der Waals surface area contributed by atoms with Gasteiger partial charge in [0.2, 0.25) is 5.88 Å². The highest BCUT2D eigenvalue weighted by Crippen LogP contribution is 2.39. The van der Waals surface area contributed by atoms with Gasteiger partial charge in [0.15, 0.2) is 0 Å². The molecule has 1 atom stereocenters. The second-order valence-corrected chi connectivity index (χ2v) is 8.79. The van der Waals surface area contributed by atoms with Crippen molar-refractivity contribution in [3.63, 3.8) is 0 Å². The number of rotatable bonds is 4. The lowest BCUT2D eigenvalue weighted by Crippen LogP contribution is -2.30. The van der Waals surface area contributed by atoms with Crippen LogP contribution in [0.3, 0.4) is 0 Å². The van der Waals surface area contributed by atoms with Crippen molar-refractivity contribution in [2.75, 3.05) is 12.3 Å². The maximum absolute atomic E-state index is 13.0. The van der Waals surface area contributed by atoms with Crippen LogP contribution in [0.15, 0.2) is 47.1 Å². The second-order valence-electron chi connectivity index (χ2n) is 6.68. The molecule has 26 heavy (non-hydrogen) atoms. The Bertz CT molecular complexity index is 760. The van der Waals surface area contributed by atoms with Gasteiger partial charge in [-0.15, -0.1) is 11.8 Å². The minimum Gasteiger partial charge on any atom is -0.474 e. The first-order chi connectivity index (χ1) is 12.7. The molecule has 2 aromatic rings. The van der Waals surface area contributed by atoms with E-state index in [-0.39, 0.29) is 17.4 Å². The molecule has 1 amide bonds. The number of thioether (sulfide) groups is 1. The Hall–Kier alpha value is -1.53. The number of hydrogen-bond donors (Lipinski definition) is 0. The topological polar surface area (TPSA) is 42.4 Å². The number of carbonyl (C=O) groups excluding carboxylic acids is 1. The number of pyridine rings is 1. The lowest BCUT2D eigenvalue weighted by molar-refractivity contribution is 0.0759. The molecule has 0 bridgehead atoms. The highest BCUT2D eigenvalue weighted by molar-refractivity contribution is 9.10. The molecule has 1 unspecified atom stereocenters. The standard InChI is InChI=1S/C20H21BrN2O2S/c21-16-8-5-14(6-9-16)20-23(11-12-26-20)19(24)15-7-10-18(22-13-15)25-17-3-1-2-4-17/h5-10,13,17,20H,1-4,11-12H2. The van der Waals surface area contributed by atoms with Crippen LogP contribution in [0.2, 0.25) is 0 Å². The highest BCUT2D eigenvalue weighted by Gasteiger charge is 2.31. The molecule has 136 valence electrons. The Morgan fingerprint density at radius 3 is 2.62 bits per heavy atom. The minimum atomic E-state index is 0.0304. The zero-order valence-corrected chi connectivity index (χ0v) is 16.8. The van der Waals surface area contributed by atoms with Crippen molar-refractivity contribution in [2.45, 2.75) is 37.2 Å². The van der Waals surface area contributed by atoms with Crippen LogP contribution < -0.4 is 4.74 Å². The fourth-order valence-corrected chi connectivity index (χ4v) is 5.02. The molecule has 2 heterocycles. The molecule has 4 nitrogen and oxygen atoms in total. The van der Waals surface area contributed by atoms with E-state index < -0.39 is 0 Å². The average Bonchev–Trinajstić information content (AvgIpc) is 3.34. The average molecular weight is 433 g/mol. The summed E-state index contributed by atoms with van der Waals surface area (Å²) in [5.74, 6) is 1.60. The van der Waals surface area contributed by atoms with Gasteiger partial charge in [0.05, 0.1) is 5.56 Å². The molecular weight excluding hydrogens is 412 g/mol. The zero-order valence-electron chi connectivity index (χ0n) is 14.4. The van der Waals surface area contributed by atoms with Gasteiger partial charge in [-0.1, -0.05) is 28.1 Å². The van der Waals surface area contributed by atoms with E-state index >= 15 is 0 Å². The van der Waals surface area contributed by atoms with E-state index in [1.807, 2.05) is 29.2 Å². The lowest BCUT2D eigenvalue weighted by atomic mass is 10.2. The van der Waals surface area contributed by atoms with Crippen molar-refractivity contribution in [1.29, 1.82) is 0 Å². The van der Waals surface area contributed by atoms with Crippen molar-refractivity contribution in [2.24, 2.45) is 0 Å². The third-order valence-electron chi connectivity index (χ3n) is 4.88. The Morgan fingerprint density at radius 1 is 1.15 bits per heavy atom. The molecule has 2 fully saturated rings. The maximum Gasteiger partial charge on any atom is 0.256 e. The largest absolute Gasteiger partial charge is 0.474 e. The summed E-state index contributed by atoms with van der Waals surface area (Å²) in [6.45, 7) is 0.755. The van der Waals surface area contributed by atoms with Crippen LogP contribution in [-0.4, -0.2) is 34.2 Å². The van der Waals surface area contributed by atoms with Crippen molar-refractivity contribution in [3.8, 4) is 5.88 Å². The number of nitrogens with zero attached hydrogens (tertiary/aromatic N) is 2. The number of carbonyl (C=O) groups is 1. The van der Waals surface area contributed by atoms with Crippen LogP contribution in [0, 0.1) is 0 Å². The molecule has 4 rings (SSSR count). The molecule has 1 saturated heterocycles. The summed E-state index contributed by atoms with van der Waals surface area (Å²) in [5, 5.41) is 0.0602. The molecule has 1 saturated carbocycles. The fraction of sp³-hybridized carbons (Fsp3) is 0.400. The van der Waals surface area contributed by atoms with Gasteiger partial charge in [0, 0.05) is 29.0 Å². The predicted octanol–water partition coefficient (Wildman–Crippen LogP) is 5.05. The lowest BCUT2D eigenvalue weighted by Gasteiger charge is -2.24. The molecular formula is C20H21BrN2O2S. The van der Waals surface area contributed by atoms with Crippen molar-refractivity contribution in [3.05, 3.63) is 58.2 Å². The number of hydrogen-bond acceptors (Lipinski definition) is 4. The Morgan fingerprint density at radius 2 is 1.92 bits per heavy atom. The number of halogens is 1. The maximum atomic E-state index is 13.0. The van der Waals surface area contributed by atoms with Gasteiger partial charge in [0.1, 0.15) is 11.5 Å². The third-order valence-corrected chi connectivity index (χ3v) is 6.67. The van der Waals surface area contributed by atoms with Gasteiger partial charge in [-0.2, -0.15) is 0 Å². The number of ether oxygens (including phenoxy) is 1. The molecule has 1 aromatic carbocycles. The van der Waals surface area contributed by atoms with Crippen molar-refractivity contribution in [1.82, 2.24) is 9.88 Å². The van der Waals surface area contributed by atoms with Gasteiger partial charge in [-0.3, -0.25) is 4.79 Å². The monoisotopic (exact) mass is 432 g/mol. The molecule has 0 spiro atoms. The van der Waals surface area contributed by atoms with Crippen LogP contribution in [-0.2, 0) is 0 Å². The SMILES string of the molecule is O=C(c1ccc(OC2CCCC2)nc1)N1CCSC1c1ccc(Br)cc1. The van der Waals surface area contributed by atoms with E-state index in [0.717, 1.165) is 35.2 Å². The third kappa shape index (κ3) is 3.91. The Balaban J connectivity index is 1.46. The molecule has 1 aliphatic carbocycles. The summed E-state index contributed by atoms with van der Waals surface area (Å²) in [6, 6.07) is 11.8. The predicted molar refractivity (Wildman–Crippen MR) is 107 cm³/mol. The van der Waals surface area contributed by atoms with Crippen LogP contribution in [0.1, 0.15) is 47.0 Å².